The van der Waals surface area contributed by atoms with Crippen molar-refractivity contribution in [1.82, 2.24) is 4.90 Å². The largest absolute Gasteiger partial charge is 0.466 e. The van der Waals surface area contributed by atoms with Crippen molar-refractivity contribution in [3.05, 3.63) is 35.4 Å². The van der Waals surface area contributed by atoms with Gasteiger partial charge in [0.2, 0.25) is 5.91 Å². The Bertz CT molecular complexity index is 853. The number of fused-ring (bicyclic) bond motifs is 1. The summed E-state index contributed by atoms with van der Waals surface area (Å²) in [7, 11) is 1.35. The second kappa shape index (κ2) is 8.50. The molecule has 0 spiro atoms. The maximum absolute atomic E-state index is 13.0. The predicted octanol–water partition coefficient (Wildman–Crippen LogP) is 3.48. The van der Waals surface area contributed by atoms with Crippen LogP contribution < -0.4 is 4.90 Å². The highest BCUT2D eigenvalue weighted by Gasteiger charge is 2.45. The number of anilines is 1. The lowest BCUT2D eigenvalue weighted by Gasteiger charge is -2.34. The quantitative estimate of drug-likeness (QED) is 0.559. The van der Waals surface area contributed by atoms with Gasteiger partial charge >= 0.3 is 12.1 Å². The minimum absolute atomic E-state index is 0.0650. The summed E-state index contributed by atoms with van der Waals surface area (Å²) in [5.41, 5.74) is 1.66. The average Bonchev–Trinajstić information content (AvgIpc) is 3.02. The van der Waals surface area contributed by atoms with Crippen molar-refractivity contribution in [2.45, 2.75) is 39.7 Å². The van der Waals surface area contributed by atoms with Crippen molar-refractivity contribution < 1.29 is 23.9 Å². The van der Waals surface area contributed by atoms with Gasteiger partial charge in [0.25, 0.3) is 0 Å². The second-order valence-electron chi connectivity index (χ2n) is 8.94. The molecule has 0 N–H and O–H groups in total. The van der Waals surface area contributed by atoms with Gasteiger partial charge in [-0.25, -0.2) is 9.59 Å². The van der Waals surface area contributed by atoms with Crippen molar-refractivity contribution in [1.29, 1.82) is 0 Å². The molecule has 162 valence electrons. The minimum Gasteiger partial charge on any atom is -0.466 e. The predicted molar refractivity (Wildman–Crippen MR) is 114 cm³/mol. The Morgan fingerprint density at radius 2 is 1.80 bits per heavy atom. The van der Waals surface area contributed by atoms with E-state index in [0.717, 1.165) is 11.3 Å². The molecule has 2 fully saturated rings. The second-order valence-corrected chi connectivity index (χ2v) is 8.94. The van der Waals surface area contributed by atoms with Crippen molar-refractivity contribution in [2.24, 2.45) is 11.8 Å². The molecule has 1 aromatic rings. The Labute approximate surface area is 177 Å². The first-order valence-electron chi connectivity index (χ1n) is 10.2. The standard InChI is InChI=1S/C23H30N2O5/c1-15(21(27)29-5)12-16-6-8-18(9-7-16)25-14-17-13-24(11-10-19(17)20(25)26)22(28)30-23(2,3)4/h6-9,12,17,19H,10-11,13-14H2,1-5H3/b15-12+/t17-,19-/m0/s1. The molecule has 0 bridgehead atoms. The van der Waals surface area contributed by atoms with E-state index in [-0.39, 0.29) is 29.8 Å². The number of hydrogen-bond donors (Lipinski definition) is 0. The van der Waals surface area contributed by atoms with E-state index in [1.807, 2.05) is 45.0 Å². The first-order chi connectivity index (χ1) is 14.1. The highest BCUT2D eigenvalue weighted by molar-refractivity contribution is 5.98. The Morgan fingerprint density at radius 3 is 2.40 bits per heavy atom. The molecule has 2 heterocycles. The molecule has 2 saturated heterocycles. The third-order valence-corrected chi connectivity index (χ3v) is 5.48. The topological polar surface area (TPSA) is 76.2 Å². The lowest BCUT2D eigenvalue weighted by molar-refractivity contribution is -0.135. The number of nitrogens with zero attached hydrogens (tertiary/aromatic N) is 2. The van der Waals surface area contributed by atoms with Crippen LogP contribution in [0.5, 0.6) is 0 Å². The van der Waals surface area contributed by atoms with Crippen molar-refractivity contribution in [3.63, 3.8) is 0 Å². The van der Waals surface area contributed by atoms with Gasteiger partial charge in [0.05, 0.1) is 7.11 Å². The summed E-state index contributed by atoms with van der Waals surface area (Å²) >= 11 is 0. The van der Waals surface area contributed by atoms with E-state index < -0.39 is 5.60 Å². The van der Waals surface area contributed by atoms with Gasteiger partial charge in [0.15, 0.2) is 0 Å². The third-order valence-electron chi connectivity index (χ3n) is 5.48. The van der Waals surface area contributed by atoms with E-state index >= 15 is 0 Å². The van der Waals surface area contributed by atoms with Crippen LogP contribution in [0.2, 0.25) is 0 Å². The molecular formula is C23H30N2O5. The number of benzene rings is 1. The Hall–Kier alpha value is -2.83. The fraction of sp³-hybridized carbons (Fsp3) is 0.522. The Kier molecular flexibility index (Phi) is 6.19. The van der Waals surface area contributed by atoms with E-state index in [0.29, 0.717) is 31.6 Å². The van der Waals surface area contributed by atoms with Gasteiger partial charge < -0.3 is 19.3 Å². The van der Waals surface area contributed by atoms with E-state index in [1.54, 1.807) is 22.8 Å². The van der Waals surface area contributed by atoms with Crippen molar-refractivity contribution in [2.75, 3.05) is 31.6 Å². The number of likely N-dealkylation sites (tertiary alicyclic amines) is 1. The number of ether oxygens (including phenoxy) is 2. The minimum atomic E-state index is -0.534. The molecule has 2 aliphatic heterocycles. The zero-order valence-corrected chi connectivity index (χ0v) is 18.3. The zero-order chi connectivity index (χ0) is 22.1. The number of hydrogen-bond acceptors (Lipinski definition) is 5. The highest BCUT2D eigenvalue weighted by atomic mass is 16.6. The Morgan fingerprint density at radius 1 is 1.13 bits per heavy atom. The molecule has 7 heteroatoms. The van der Waals surface area contributed by atoms with Crippen LogP contribution in [-0.2, 0) is 19.1 Å². The van der Waals surface area contributed by atoms with Gasteiger partial charge in [-0.15, -0.1) is 0 Å². The lowest BCUT2D eigenvalue weighted by Crippen LogP contribution is -2.46. The van der Waals surface area contributed by atoms with Gasteiger partial charge in [0.1, 0.15) is 5.60 Å². The maximum atomic E-state index is 13.0. The number of methoxy groups -OCH3 is 1. The van der Waals surface area contributed by atoms with Crippen LogP contribution in [0.25, 0.3) is 6.08 Å². The molecule has 1 aromatic carbocycles. The molecule has 2 atom stereocenters. The molecule has 0 aliphatic carbocycles. The van der Waals surface area contributed by atoms with Gasteiger partial charge in [-0.05, 0) is 57.9 Å². The SMILES string of the molecule is COC(=O)/C(C)=C/c1ccc(N2C[C@@H]3CN(C(=O)OC(C)(C)C)CC[C@@H]3C2=O)cc1. The lowest BCUT2D eigenvalue weighted by atomic mass is 9.88. The summed E-state index contributed by atoms with van der Waals surface area (Å²) in [5, 5.41) is 0. The number of piperidine rings is 1. The molecule has 2 amide bonds. The van der Waals surface area contributed by atoms with Crippen LogP contribution in [0.15, 0.2) is 29.8 Å². The van der Waals surface area contributed by atoms with Gasteiger partial charge in [-0.1, -0.05) is 12.1 Å². The monoisotopic (exact) mass is 414 g/mol. The number of carbonyl (C=O) groups excluding carboxylic acids is 3. The van der Waals surface area contributed by atoms with Crippen LogP contribution in [-0.4, -0.2) is 55.2 Å². The number of amides is 2. The number of rotatable bonds is 3. The molecule has 0 saturated carbocycles. The maximum Gasteiger partial charge on any atom is 0.410 e. The summed E-state index contributed by atoms with van der Waals surface area (Å²) in [6, 6.07) is 7.53. The van der Waals surface area contributed by atoms with Crippen LogP contribution in [0.3, 0.4) is 0 Å². The normalized spacial score (nSPS) is 22.0. The summed E-state index contributed by atoms with van der Waals surface area (Å²) in [6.45, 7) is 8.90. The number of esters is 1. The third kappa shape index (κ3) is 4.83. The van der Waals surface area contributed by atoms with Crippen LogP contribution in [0, 0.1) is 11.8 Å². The summed E-state index contributed by atoms with van der Waals surface area (Å²) in [4.78, 5) is 40.4. The van der Waals surface area contributed by atoms with Gasteiger partial charge in [-0.3, -0.25) is 4.79 Å². The number of carbonyl (C=O) groups is 3. The first kappa shape index (κ1) is 21.9. The van der Waals surface area contributed by atoms with E-state index in [2.05, 4.69) is 0 Å². The molecule has 3 rings (SSSR count). The fourth-order valence-electron chi connectivity index (χ4n) is 4.01. The molecule has 30 heavy (non-hydrogen) atoms. The van der Waals surface area contributed by atoms with Crippen molar-refractivity contribution in [3.8, 4) is 0 Å². The molecule has 2 aliphatic rings. The molecule has 7 nitrogen and oxygen atoms in total. The van der Waals surface area contributed by atoms with Gasteiger partial charge in [-0.2, -0.15) is 0 Å². The Balaban J connectivity index is 1.68. The van der Waals surface area contributed by atoms with Crippen LogP contribution >= 0.6 is 0 Å². The summed E-state index contributed by atoms with van der Waals surface area (Å²) in [5.74, 6) is -0.227. The first-order valence-corrected chi connectivity index (χ1v) is 10.2. The fourth-order valence-corrected chi connectivity index (χ4v) is 4.01. The van der Waals surface area contributed by atoms with Crippen LogP contribution in [0.1, 0.15) is 39.7 Å². The van der Waals surface area contributed by atoms with Crippen molar-refractivity contribution >= 4 is 29.7 Å². The molecule has 0 unspecified atom stereocenters. The average molecular weight is 415 g/mol. The smallest absolute Gasteiger partial charge is 0.410 e. The van der Waals surface area contributed by atoms with E-state index in [9.17, 15) is 14.4 Å². The highest BCUT2D eigenvalue weighted by Crippen LogP contribution is 2.35. The van der Waals surface area contributed by atoms with E-state index in [1.165, 1.54) is 7.11 Å². The molecular weight excluding hydrogens is 384 g/mol. The zero-order valence-electron chi connectivity index (χ0n) is 18.3. The van der Waals surface area contributed by atoms with E-state index in [4.69, 9.17) is 9.47 Å². The van der Waals surface area contributed by atoms with Gasteiger partial charge in [0, 0.05) is 42.7 Å². The molecule has 0 aromatic heterocycles. The summed E-state index contributed by atoms with van der Waals surface area (Å²) in [6.07, 6.45) is 2.09. The van der Waals surface area contributed by atoms with Crippen LogP contribution in [0.4, 0.5) is 10.5 Å². The summed E-state index contributed by atoms with van der Waals surface area (Å²) < 4.78 is 10.2. The molecule has 0 radical (unpaired) electrons.